The minimum Gasteiger partial charge on any atom is -0.507 e. The Morgan fingerprint density at radius 2 is 1.62 bits per heavy atom. The lowest BCUT2D eigenvalue weighted by Gasteiger charge is -2.32. The molecule has 0 spiro atoms. The van der Waals surface area contributed by atoms with E-state index >= 15 is 0 Å². The second kappa shape index (κ2) is 22.9. The van der Waals surface area contributed by atoms with E-state index in [0.29, 0.717) is 57.8 Å². The van der Waals surface area contributed by atoms with E-state index in [4.69, 9.17) is 22.1 Å². The SMILES string of the molecule is Cc1ccc2cc1-c1cc(ccc1O)C[C@@H](C(=O)N[C@@H](C)C(=O)COC(=O)C1N=CC=CN1)NC(=O)[C@H](C)NC(=O)[C@H]2N(C)C(=O)[C@H](CCCCN)NC(=O)c1ccc(-c2ccc(Cl)cc2)cc1. The number of aliphatic imine (C=N–C) groups is 1. The highest BCUT2D eigenvalue weighted by Crippen LogP contribution is 2.36. The van der Waals surface area contributed by atoms with Crippen molar-refractivity contribution in [2.45, 2.75) is 82.8 Å². The number of unbranched alkanes of at least 4 members (excludes halogenated alkanes) is 1. The molecule has 2 aliphatic rings. The summed E-state index contributed by atoms with van der Waals surface area (Å²) in [6, 6.07) is 17.8. The molecule has 2 aliphatic heterocycles. The van der Waals surface area contributed by atoms with Gasteiger partial charge < -0.3 is 47.1 Å². The van der Waals surface area contributed by atoms with Gasteiger partial charge in [-0.05, 0) is 128 Å². The fourth-order valence-electron chi connectivity index (χ4n) is 7.74. The Bertz CT molecular complexity index is 2600. The number of carbonyl (C=O) groups excluding carboxylic acids is 7. The molecule has 356 valence electrons. The number of nitrogens with zero attached hydrogens (tertiary/aromatic N) is 2. The fourth-order valence-corrected chi connectivity index (χ4v) is 7.86. The summed E-state index contributed by atoms with van der Waals surface area (Å²) in [5, 5.41) is 25.4. The molecule has 6 rings (SSSR count). The number of ether oxygens (including phenoxy) is 1. The highest BCUT2D eigenvalue weighted by molar-refractivity contribution is 6.30. The van der Waals surface area contributed by atoms with Gasteiger partial charge in [0.2, 0.25) is 29.8 Å². The zero-order chi connectivity index (χ0) is 49.1. The van der Waals surface area contributed by atoms with E-state index in [9.17, 15) is 38.7 Å². The van der Waals surface area contributed by atoms with E-state index in [1.54, 1.807) is 72.8 Å². The average Bonchev–Trinajstić information content (AvgIpc) is 3.33. The highest BCUT2D eigenvalue weighted by atomic mass is 35.5. The molecule has 0 saturated heterocycles. The minimum absolute atomic E-state index is 0.0946. The number of halogens is 1. The largest absolute Gasteiger partial charge is 0.507 e. The van der Waals surface area contributed by atoms with Crippen LogP contribution in [-0.4, -0.2) is 108 Å². The Labute approximate surface area is 398 Å². The van der Waals surface area contributed by atoms with Crippen molar-refractivity contribution in [3.8, 4) is 28.0 Å². The van der Waals surface area contributed by atoms with E-state index in [-0.39, 0.29) is 18.6 Å². The normalized spacial score (nSPS) is 18.6. The van der Waals surface area contributed by atoms with Crippen LogP contribution in [0.15, 0.2) is 102 Å². The van der Waals surface area contributed by atoms with Gasteiger partial charge in [0.25, 0.3) is 5.91 Å². The highest BCUT2D eigenvalue weighted by Gasteiger charge is 2.36. The molecule has 0 radical (unpaired) electrons. The number of aryl methyl sites for hydroxylation is 1. The third-order valence-corrected chi connectivity index (χ3v) is 12.0. The number of rotatable bonds is 15. The summed E-state index contributed by atoms with van der Waals surface area (Å²) in [4.78, 5) is 101. The Balaban J connectivity index is 1.26. The van der Waals surface area contributed by atoms with Crippen molar-refractivity contribution >= 4 is 59.1 Å². The molecule has 17 nitrogen and oxygen atoms in total. The molecule has 4 aromatic carbocycles. The van der Waals surface area contributed by atoms with Crippen LogP contribution < -0.4 is 32.3 Å². The first kappa shape index (κ1) is 50.1. The van der Waals surface area contributed by atoms with Crippen molar-refractivity contribution in [3.05, 3.63) is 124 Å². The number of hydrogen-bond acceptors (Lipinski definition) is 12. The van der Waals surface area contributed by atoms with Crippen molar-refractivity contribution in [3.63, 3.8) is 0 Å². The topological polar surface area (TPSA) is 251 Å². The van der Waals surface area contributed by atoms with Gasteiger partial charge >= 0.3 is 5.97 Å². The zero-order valence-electron chi connectivity index (χ0n) is 38.1. The zero-order valence-corrected chi connectivity index (χ0v) is 38.8. The molecule has 18 heteroatoms. The summed E-state index contributed by atoms with van der Waals surface area (Å²) in [6.45, 7) is 4.33. The summed E-state index contributed by atoms with van der Waals surface area (Å²) in [7, 11) is 1.43. The van der Waals surface area contributed by atoms with Crippen LogP contribution in [0.3, 0.4) is 0 Å². The van der Waals surface area contributed by atoms with Gasteiger partial charge in [-0.3, -0.25) is 33.8 Å². The number of Topliss-reactive ketones (excluding diaryl/α,β-unsaturated/α-hetero) is 1. The van der Waals surface area contributed by atoms with Crippen molar-refractivity contribution in [2.24, 2.45) is 10.7 Å². The number of nitrogens with two attached hydrogens (primary N) is 1. The van der Waals surface area contributed by atoms with E-state index in [0.717, 1.165) is 11.1 Å². The number of nitrogens with one attached hydrogen (secondary N) is 5. The molecule has 6 atom stereocenters. The summed E-state index contributed by atoms with van der Waals surface area (Å²) in [5.41, 5.74) is 10.3. The number of likely N-dealkylation sites (N-methyl/N-ethyl adjacent to an activating group) is 1. The number of ketones is 1. The van der Waals surface area contributed by atoms with Crippen LogP contribution in [0.4, 0.5) is 0 Å². The number of phenols is 1. The van der Waals surface area contributed by atoms with Crippen molar-refractivity contribution < 1.29 is 43.4 Å². The molecule has 8 N–H and O–H groups in total. The van der Waals surface area contributed by atoms with Gasteiger partial charge in [0, 0.05) is 42.0 Å². The lowest BCUT2D eigenvalue weighted by Crippen LogP contribution is -2.57. The first-order valence-electron chi connectivity index (χ1n) is 22.2. The maximum absolute atomic E-state index is 14.7. The molecular formula is C50H55ClN8O9. The molecule has 68 heavy (non-hydrogen) atoms. The number of hydrogen-bond donors (Lipinski definition) is 7. The molecule has 5 amide bonds. The van der Waals surface area contributed by atoms with Crippen LogP contribution in [0.25, 0.3) is 22.3 Å². The van der Waals surface area contributed by atoms with E-state index in [1.165, 1.54) is 44.3 Å². The Hall–Kier alpha value is -7.37. The third kappa shape index (κ3) is 12.5. The smallest absolute Gasteiger partial charge is 0.351 e. The maximum atomic E-state index is 14.7. The third-order valence-electron chi connectivity index (χ3n) is 11.7. The second-order valence-electron chi connectivity index (χ2n) is 16.7. The molecule has 4 aromatic rings. The Morgan fingerprint density at radius 1 is 0.912 bits per heavy atom. The summed E-state index contributed by atoms with van der Waals surface area (Å²) >= 11 is 6.06. The van der Waals surface area contributed by atoms with Gasteiger partial charge in [-0.2, -0.15) is 0 Å². The van der Waals surface area contributed by atoms with Gasteiger partial charge in [-0.25, -0.2) is 4.79 Å². The standard InChI is InChI=1S/C50H55ClN8O9/c1-28-9-11-35-26-37(28)38-24-31(10-20-41(38)60)25-40(47(64)55-29(2)42(61)27-68-50(67)44-53-22-7-23-54-44)58-45(62)30(3)56-48(65)43(35)59(4)49(66)39(8-5-6-21-52)57-46(63)34-14-12-32(13-15-34)33-16-18-36(51)19-17-33/h7,9-20,22-24,26,29-30,39-40,43-44,53,60H,5-6,8,21,25,27,52H2,1-4H3,(H,55,64)(H,56,65)(H,57,63)(H,58,62)/t29-,30-,39-,40-,43-,44?/m0/s1. The quantitative estimate of drug-likeness (QED) is 0.0667. The molecule has 0 aromatic heterocycles. The number of amides is 5. The lowest BCUT2D eigenvalue weighted by molar-refractivity contribution is -0.150. The molecule has 4 bridgehead atoms. The van der Waals surface area contributed by atoms with Gasteiger partial charge in [0.1, 0.15) is 29.9 Å². The molecule has 2 heterocycles. The number of carbonyl (C=O) groups is 7. The maximum Gasteiger partial charge on any atom is 0.351 e. The van der Waals surface area contributed by atoms with Gasteiger partial charge in [0.05, 0.1) is 6.04 Å². The first-order valence-corrected chi connectivity index (χ1v) is 22.5. The summed E-state index contributed by atoms with van der Waals surface area (Å²) in [6.07, 6.45) is 4.62. The average molecular weight is 947 g/mol. The number of aromatic hydroxyl groups is 1. The monoisotopic (exact) mass is 946 g/mol. The molecule has 1 unspecified atom stereocenters. The lowest BCUT2D eigenvalue weighted by atomic mass is 9.91. The number of esters is 1. The number of phenolic OH excluding ortho intramolecular Hbond substituents is 1. The van der Waals surface area contributed by atoms with E-state index in [2.05, 4.69) is 31.6 Å². The number of benzene rings is 4. The first-order chi connectivity index (χ1) is 32.5. The predicted molar refractivity (Wildman–Crippen MR) is 256 cm³/mol. The van der Waals surface area contributed by atoms with Crippen LogP contribution >= 0.6 is 11.6 Å². The van der Waals surface area contributed by atoms with Crippen LogP contribution in [0, 0.1) is 6.92 Å². The van der Waals surface area contributed by atoms with Gasteiger partial charge in [0.15, 0.2) is 12.4 Å². The van der Waals surface area contributed by atoms with Crippen LogP contribution in [0.2, 0.25) is 5.02 Å². The predicted octanol–water partition coefficient (Wildman–Crippen LogP) is 3.79. The van der Waals surface area contributed by atoms with Crippen molar-refractivity contribution in [2.75, 3.05) is 20.2 Å². The van der Waals surface area contributed by atoms with E-state index in [1.807, 2.05) is 19.1 Å². The number of allylic oxidation sites excluding steroid dienone is 1. The number of fused-ring (bicyclic) bond motifs is 5. The van der Waals surface area contributed by atoms with Crippen LogP contribution in [0.5, 0.6) is 5.75 Å². The molecule has 0 aliphatic carbocycles. The molecule has 0 fully saturated rings. The van der Waals surface area contributed by atoms with Crippen LogP contribution in [0.1, 0.15) is 66.2 Å². The van der Waals surface area contributed by atoms with E-state index < -0.39 is 84.3 Å². The van der Waals surface area contributed by atoms with Crippen LogP contribution in [-0.2, 0) is 39.9 Å². The van der Waals surface area contributed by atoms with Crippen molar-refractivity contribution in [1.82, 2.24) is 31.5 Å². The summed E-state index contributed by atoms with van der Waals surface area (Å²) in [5.74, 6) is -4.92. The second-order valence-corrected chi connectivity index (χ2v) is 17.1. The Morgan fingerprint density at radius 3 is 2.29 bits per heavy atom. The molecule has 0 saturated carbocycles. The Kier molecular flexibility index (Phi) is 16.8. The summed E-state index contributed by atoms with van der Waals surface area (Å²) < 4.78 is 5.11. The minimum atomic E-state index is -1.37. The van der Waals surface area contributed by atoms with Gasteiger partial charge in [-0.1, -0.05) is 54.1 Å². The molecular weight excluding hydrogens is 892 g/mol. The van der Waals surface area contributed by atoms with Gasteiger partial charge in [-0.15, -0.1) is 0 Å². The fraction of sp³-hybridized carbons (Fsp3) is 0.320. The van der Waals surface area contributed by atoms with Crippen molar-refractivity contribution in [1.29, 1.82) is 0 Å².